The molecule has 1 rings (SSSR count). The van der Waals surface area contributed by atoms with Crippen LogP contribution < -0.4 is 5.32 Å². The Bertz CT molecular complexity index is 235. The first-order chi connectivity index (χ1) is 6.50. The molecule has 0 spiro atoms. The Hall–Kier alpha value is -0.860. The second kappa shape index (κ2) is 4.58. The van der Waals surface area contributed by atoms with Crippen molar-refractivity contribution in [3.05, 3.63) is 0 Å². The lowest BCUT2D eigenvalue weighted by Crippen LogP contribution is -2.39. The van der Waals surface area contributed by atoms with Gasteiger partial charge in [-0.1, -0.05) is 6.92 Å². The smallest absolute Gasteiger partial charge is 0.223 e. The summed E-state index contributed by atoms with van der Waals surface area (Å²) in [5.74, 6) is 0.523. The first-order valence-electron chi connectivity index (χ1n) is 5.33. The number of rotatable bonds is 2. The third kappa shape index (κ3) is 2.82. The minimum atomic E-state index is 0.0464. The first-order valence-corrected chi connectivity index (χ1v) is 5.33. The molecule has 14 heavy (non-hydrogen) atoms. The van der Waals surface area contributed by atoms with Gasteiger partial charge in [0.1, 0.15) is 5.78 Å². The molecule has 80 valence electrons. The maximum atomic E-state index is 11.6. The van der Waals surface area contributed by atoms with Gasteiger partial charge in [-0.25, -0.2) is 0 Å². The zero-order valence-electron chi connectivity index (χ0n) is 9.17. The summed E-state index contributed by atoms with van der Waals surface area (Å²) in [6.07, 6.45) is 2.01. The van der Waals surface area contributed by atoms with E-state index >= 15 is 0 Å². The van der Waals surface area contributed by atoms with Gasteiger partial charge in [0, 0.05) is 24.3 Å². The number of hydrogen-bond acceptors (Lipinski definition) is 2. The molecule has 0 aliphatic heterocycles. The molecule has 1 N–H and O–H groups in total. The number of carbonyl (C=O) groups is 2. The molecule has 0 radical (unpaired) electrons. The average Bonchev–Trinajstić information content (AvgIpc) is 2.08. The number of nitrogens with one attached hydrogen (secondary N) is 1. The van der Waals surface area contributed by atoms with Gasteiger partial charge in [-0.15, -0.1) is 0 Å². The second-order valence-electron chi connectivity index (χ2n) is 4.50. The van der Waals surface area contributed by atoms with Gasteiger partial charge in [-0.05, 0) is 26.7 Å². The molecule has 3 heteroatoms. The molecule has 3 nitrogen and oxygen atoms in total. The highest BCUT2D eigenvalue weighted by molar-refractivity contribution is 5.86. The quantitative estimate of drug-likeness (QED) is 0.729. The maximum absolute atomic E-state index is 11.6. The Morgan fingerprint density at radius 2 is 2.14 bits per heavy atom. The Kier molecular flexibility index (Phi) is 3.67. The summed E-state index contributed by atoms with van der Waals surface area (Å²) >= 11 is 0. The van der Waals surface area contributed by atoms with Crippen LogP contribution >= 0.6 is 0 Å². The van der Waals surface area contributed by atoms with Crippen LogP contribution in [0.4, 0.5) is 0 Å². The summed E-state index contributed by atoms with van der Waals surface area (Å²) < 4.78 is 0. The van der Waals surface area contributed by atoms with Gasteiger partial charge in [-0.3, -0.25) is 9.59 Å². The summed E-state index contributed by atoms with van der Waals surface area (Å²) in [6, 6.07) is 0.190. The Morgan fingerprint density at radius 1 is 1.50 bits per heavy atom. The van der Waals surface area contributed by atoms with E-state index in [0.717, 1.165) is 12.8 Å². The fourth-order valence-corrected chi connectivity index (χ4v) is 1.88. The molecule has 0 aromatic rings. The molecule has 0 aromatic heterocycles. The van der Waals surface area contributed by atoms with Crippen molar-refractivity contribution in [3.8, 4) is 0 Å². The van der Waals surface area contributed by atoms with Crippen molar-refractivity contribution < 1.29 is 9.59 Å². The van der Waals surface area contributed by atoms with Gasteiger partial charge in [0.25, 0.3) is 0 Å². The van der Waals surface area contributed by atoms with Crippen molar-refractivity contribution in [2.45, 2.75) is 46.1 Å². The normalized spacial score (nSPS) is 27.9. The molecule has 0 saturated heterocycles. The van der Waals surface area contributed by atoms with Gasteiger partial charge >= 0.3 is 0 Å². The van der Waals surface area contributed by atoms with Crippen LogP contribution in [0.25, 0.3) is 0 Å². The van der Waals surface area contributed by atoms with Crippen molar-refractivity contribution in [2.24, 2.45) is 11.8 Å². The first kappa shape index (κ1) is 11.2. The molecule has 1 aliphatic carbocycles. The largest absolute Gasteiger partial charge is 0.354 e. The van der Waals surface area contributed by atoms with E-state index in [9.17, 15) is 9.59 Å². The minimum Gasteiger partial charge on any atom is -0.354 e. The second-order valence-corrected chi connectivity index (χ2v) is 4.50. The number of ketones is 1. The van der Waals surface area contributed by atoms with Crippen molar-refractivity contribution in [1.82, 2.24) is 5.32 Å². The van der Waals surface area contributed by atoms with Crippen LogP contribution in [0.3, 0.4) is 0 Å². The summed E-state index contributed by atoms with van der Waals surface area (Å²) in [4.78, 5) is 22.9. The summed E-state index contributed by atoms with van der Waals surface area (Å²) in [7, 11) is 0. The van der Waals surface area contributed by atoms with Gasteiger partial charge < -0.3 is 5.32 Å². The molecule has 1 amide bonds. The summed E-state index contributed by atoms with van der Waals surface area (Å²) in [6.45, 7) is 5.82. The molecule has 0 heterocycles. The van der Waals surface area contributed by atoms with E-state index in [1.54, 1.807) is 0 Å². The molecule has 0 bridgehead atoms. The molecular formula is C11H19NO2. The zero-order valence-corrected chi connectivity index (χ0v) is 9.17. The van der Waals surface area contributed by atoms with Crippen molar-refractivity contribution >= 4 is 11.7 Å². The molecular weight excluding hydrogens is 178 g/mol. The van der Waals surface area contributed by atoms with E-state index in [0.29, 0.717) is 12.2 Å². The molecule has 1 aliphatic rings. The highest BCUT2D eigenvalue weighted by Crippen LogP contribution is 2.26. The van der Waals surface area contributed by atoms with Crippen LogP contribution in [-0.4, -0.2) is 17.7 Å². The predicted molar refractivity (Wildman–Crippen MR) is 54.8 cm³/mol. The fourth-order valence-electron chi connectivity index (χ4n) is 1.88. The lowest BCUT2D eigenvalue weighted by molar-refractivity contribution is -0.131. The van der Waals surface area contributed by atoms with E-state index in [-0.39, 0.29) is 23.8 Å². The van der Waals surface area contributed by atoms with Gasteiger partial charge in [0.05, 0.1) is 0 Å². The van der Waals surface area contributed by atoms with Crippen LogP contribution in [0.5, 0.6) is 0 Å². The molecule has 0 unspecified atom stereocenters. The lowest BCUT2D eigenvalue weighted by Gasteiger charge is -2.25. The topological polar surface area (TPSA) is 46.2 Å². The van der Waals surface area contributed by atoms with E-state index in [2.05, 4.69) is 5.32 Å². The molecule has 1 fully saturated rings. The minimum absolute atomic E-state index is 0.0464. The van der Waals surface area contributed by atoms with Crippen LogP contribution in [0, 0.1) is 11.8 Å². The highest BCUT2D eigenvalue weighted by Gasteiger charge is 2.29. The van der Waals surface area contributed by atoms with E-state index in [4.69, 9.17) is 0 Å². The van der Waals surface area contributed by atoms with Gasteiger partial charge in [0.15, 0.2) is 0 Å². The Labute approximate surface area is 85.3 Å². The number of Topliss-reactive ketones (excluding diaryl/α,β-unsaturated/α-hetero) is 1. The van der Waals surface area contributed by atoms with Crippen LogP contribution in [0.15, 0.2) is 0 Å². The van der Waals surface area contributed by atoms with Crippen LogP contribution in [0.2, 0.25) is 0 Å². The predicted octanol–water partition coefficient (Wildman–Crippen LogP) is 1.52. The van der Waals surface area contributed by atoms with E-state index in [1.807, 2.05) is 20.8 Å². The fraction of sp³-hybridized carbons (Fsp3) is 0.818. The monoisotopic (exact) mass is 197 g/mol. The third-order valence-electron chi connectivity index (χ3n) is 2.73. The Morgan fingerprint density at radius 3 is 2.64 bits per heavy atom. The SMILES string of the molecule is CC(C)NC(=O)[C@@H]1CCC(=O)[C@H](C)C1. The van der Waals surface area contributed by atoms with E-state index in [1.165, 1.54) is 0 Å². The molecule has 2 atom stereocenters. The van der Waals surface area contributed by atoms with Crippen LogP contribution in [-0.2, 0) is 9.59 Å². The van der Waals surface area contributed by atoms with Crippen molar-refractivity contribution in [3.63, 3.8) is 0 Å². The zero-order chi connectivity index (χ0) is 10.7. The number of hydrogen-bond donors (Lipinski definition) is 1. The van der Waals surface area contributed by atoms with Crippen LogP contribution in [0.1, 0.15) is 40.0 Å². The molecule has 0 aromatic carbocycles. The number of carbonyl (C=O) groups excluding carboxylic acids is 2. The van der Waals surface area contributed by atoms with E-state index < -0.39 is 0 Å². The number of amides is 1. The summed E-state index contributed by atoms with van der Waals surface area (Å²) in [5, 5.41) is 2.90. The van der Waals surface area contributed by atoms with Crippen molar-refractivity contribution in [2.75, 3.05) is 0 Å². The third-order valence-corrected chi connectivity index (χ3v) is 2.73. The van der Waals surface area contributed by atoms with Gasteiger partial charge in [0.2, 0.25) is 5.91 Å². The van der Waals surface area contributed by atoms with Gasteiger partial charge in [-0.2, -0.15) is 0 Å². The molecule has 1 saturated carbocycles. The summed E-state index contributed by atoms with van der Waals surface area (Å²) in [5.41, 5.74) is 0. The average molecular weight is 197 g/mol. The highest BCUT2D eigenvalue weighted by atomic mass is 16.2. The van der Waals surface area contributed by atoms with Crippen molar-refractivity contribution in [1.29, 1.82) is 0 Å². The lowest BCUT2D eigenvalue weighted by atomic mass is 9.81. The Balaban J connectivity index is 2.46. The standard InChI is InChI=1S/C11H19NO2/c1-7(2)12-11(14)9-4-5-10(13)8(3)6-9/h7-9H,4-6H2,1-3H3,(H,12,14)/t8-,9-/m1/s1. The maximum Gasteiger partial charge on any atom is 0.223 e.